The van der Waals surface area contributed by atoms with Crippen LogP contribution >= 0.6 is 27.5 Å². The fourth-order valence-corrected chi connectivity index (χ4v) is 1.93. The van der Waals surface area contributed by atoms with E-state index < -0.39 is 5.82 Å². The van der Waals surface area contributed by atoms with Crippen LogP contribution in [0.2, 0.25) is 5.02 Å². The minimum atomic E-state index is -0.527. The summed E-state index contributed by atoms with van der Waals surface area (Å²) >= 11 is 9.07. The van der Waals surface area contributed by atoms with Gasteiger partial charge >= 0.3 is 0 Å². The Morgan fingerprint density at radius 3 is 2.65 bits per heavy atom. The quantitative estimate of drug-likeness (QED) is 0.789. The van der Waals surface area contributed by atoms with Gasteiger partial charge in [0.1, 0.15) is 6.61 Å². The molecule has 0 bridgehead atoms. The van der Waals surface area contributed by atoms with Gasteiger partial charge in [-0.15, -0.1) is 0 Å². The Labute approximate surface area is 112 Å². The van der Waals surface area contributed by atoms with Gasteiger partial charge in [-0.2, -0.15) is 0 Å². The first-order valence-electron chi connectivity index (χ1n) is 4.98. The van der Waals surface area contributed by atoms with E-state index in [0.717, 1.165) is 10.0 Å². The molecule has 0 heterocycles. The molecule has 0 spiro atoms. The van der Waals surface area contributed by atoms with Gasteiger partial charge in [-0.05, 0) is 18.2 Å². The van der Waals surface area contributed by atoms with E-state index in [-0.39, 0.29) is 10.8 Å². The van der Waals surface area contributed by atoms with Crippen molar-refractivity contribution in [1.29, 1.82) is 0 Å². The smallest absolute Gasteiger partial charge is 0.183 e. The van der Waals surface area contributed by atoms with Crippen molar-refractivity contribution in [3.63, 3.8) is 0 Å². The summed E-state index contributed by atoms with van der Waals surface area (Å²) in [7, 11) is 0. The zero-order valence-electron chi connectivity index (χ0n) is 8.79. The third kappa shape index (κ3) is 2.99. The molecule has 0 saturated carbocycles. The first-order chi connectivity index (χ1) is 8.18. The van der Waals surface area contributed by atoms with Crippen LogP contribution in [0, 0.1) is 5.82 Å². The lowest BCUT2D eigenvalue weighted by atomic mass is 10.2. The molecule has 0 aromatic heterocycles. The minimum absolute atomic E-state index is 0.0645. The van der Waals surface area contributed by atoms with Crippen molar-refractivity contribution in [3.05, 3.63) is 63.3 Å². The second kappa shape index (κ2) is 5.52. The molecule has 0 aliphatic heterocycles. The molecule has 0 fully saturated rings. The van der Waals surface area contributed by atoms with Gasteiger partial charge in [-0.1, -0.05) is 51.8 Å². The largest absolute Gasteiger partial charge is 0.486 e. The summed E-state index contributed by atoms with van der Waals surface area (Å²) in [5.74, 6) is -0.366. The zero-order valence-corrected chi connectivity index (χ0v) is 11.1. The molecule has 0 aliphatic rings. The van der Waals surface area contributed by atoms with Gasteiger partial charge in [0.05, 0.1) is 5.02 Å². The van der Waals surface area contributed by atoms with Crippen LogP contribution in [0.4, 0.5) is 4.39 Å². The zero-order chi connectivity index (χ0) is 12.3. The summed E-state index contributed by atoms with van der Waals surface area (Å²) < 4.78 is 19.9. The summed E-state index contributed by atoms with van der Waals surface area (Å²) in [6.45, 7) is 0.290. The molecular weight excluding hydrogens is 306 g/mol. The monoisotopic (exact) mass is 314 g/mol. The van der Waals surface area contributed by atoms with Crippen LogP contribution in [0.15, 0.2) is 46.9 Å². The Morgan fingerprint density at radius 1 is 1.12 bits per heavy atom. The average molecular weight is 316 g/mol. The van der Waals surface area contributed by atoms with Crippen molar-refractivity contribution in [2.75, 3.05) is 0 Å². The highest BCUT2D eigenvalue weighted by molar-refractivity contribution is 9.10. The van der Waals surface area contributed by atoms with Gasteiger partial charge in [-0.3, -0.25) is 0 Å². The maximum atomic E-state index is 13.5. The van der Waals surface area contributed by atoms with Gasteiger partial charge in [0.2, 0.25) is 0 Å². The van der Waals surface area contributed by atoms with E-state index in [4.69, 9.17) is 16.3 Å². The molecule has 2 aromatic carbocycles. The molecule has 0 atom stereocenters. The Hall–Kier alpha value is -1.06. The molecule has 0 N–H and O–H groups in total. The lowest BCUT2D eigenvalue weighted by molar-refractivity contribution is 0.289. The van der Waals surface area contributed by atoms with Crippen molar-refractivity contribution in [2.45, 2.75) is 6.61 Å². The van der Waals surface area contributed by atoms with E-state index in [0.29, 0.717) is 6.61 Å². The molecule has 0 saturated heterocycles. The fourth-order valence-electron chi connectivity index (χ4n) is 1.37. The summed E-state index contributed by atoms with van der Waals surface area (Å²) in [5.41, 5.74) is 0.951. The van der Waals surface area contributed by atoms with Crippen molar-refractivity contribution < 1.29 is 9.13 Å². The van der Waals surface area contributed by atoms with Crippen LogP contribution < -0.4 is 4.74 Å². The minimum Gasteiger partial charge on any atom is -0.486 e. The van der Waals surface area contributed by atoms with Crippen LogP contribution in [-0.4, -0.2) is 0 Å². The van der Waals surface area contributed by atoms with Crippen molar-refractivity contribution in [3.8, 4) is 5.75 Å². The fraction of sp³-hybridized carbons (Fsp3) is 0.0769. The van der Waals surface area contributed by atoms with Crippen molar-refractivity contribution in [2.24, 2.45) is 0 Å². The lowest BCUT2D eigenvalue weighted by Crippen LogP contribution is -1.98. The average Bonchev–Trinajstić information content (AvgIpc) is 2.33. The molecule has 0 radical (unpaired) electrons. The lowest BCUT2D eigenvalue weighted by Gasteiger charge is -2.09. The molecule has 2 rings (SSSR count). The van der Waals surface area contributed by atoms with E-state index in [1.165, 1.54) is 6.07 Å². The van der Waals surface area contributed by atoms with Crippen molar-refractivity contribution >= 4 is 27.5 Å². The van der Waals surface area contributed by atoms with Gasteiger partial charge in [0.15, 0.2) is 11.6 Å². The third-order valence-corrected chi connectivity index (χ3v) is 3.32. The Morgan fingerprint density at radius 2 is 1.88 bits per heavy atom. The van der Waals surface area contributed by atoms with E-state index in [2.05, 4.69) is 15.9 Å². The Balaban J connectivity index is 2.13. The van der Waals surface area contributed by atoms with Crippen LogP contribution in [0.25, 0.3) is 0 Å². The SMILES string of the molecule is Fc1c(Cl)cccc1OCc1ccccc1Br. The molecule has 2 aromatic rings. The molecule has 4 heteroatoms. The molecular formula is C13H9BrClFO. The topological polar surface area (TPSA) is 9.23 Å². The molecule has 0 amide bonds. The second-order valence-electron chi connectivity index (χ2n) is 3.43. The normalized spacial score (nSPS) is 10.3. The summed E-state index contributed by atoms with van der Waals surface area (Å²) in [5, 5.41) is 0.0645. The molecule has 1 nitrogen and oxygen atoms in total. The van der Waals surface area contributed by atoms with Gasteiger partial charge in [0.25, 0.3) is 0 Å². The van der Waals surface area contributed by atoms with E-state index >= 15 is 0 Å². The first-order valence-corrected chi connectivity index (χ1v) is 6.16. The van der Waals surface area contributed by atoms with Gasteiger partial charge in [0, 0.05) is 10.0 Å². The number of benzene rings is 2. The molecule has 88 valence electrons. The maximum absolute atomic E-state index is 13.5. The Bertz CT molecular complexity index is 531. The predicted molar refractivity (Wildman–Crippen MR) is 69.9 cm³/mol. The number of rotatable bonds is 3. The third-order valence-electron chi connectivity index (χ3n) is 2.26. The van der Waals surface area contributed by atoms with Crippen LogP contribution in [-0.2, 0) is 6.61 Å². The highest BCUT2D eigenvalue weighted by atomic mass is 79.9. The van der Waals surface area contributed by atoms with E-state index in [9.17, 15) is 4.39 Å². The summed E-state index contributed by atoms with van der Waals surface area (Å²) in [6.07, 6.45) is 0. The number of hydrogen-bond acceptors (Lipinski definition) is 1. The van der Waals surface area contributed by atoms with Crippen LogP contribution in [0.5, 0.6) is 5.75 Å². The Kier molecular flexibility index (Phi) is 4.02. The maximum Gasteiger partial charge on any atom is 0.183 e. The van der Waals surface area contributed by atoms with Crippen LogP contribution in [0.3, 0.4) is 0 Å². The molecule has 17 heavy (non-hydrogen) atoms. The summed E-state index contributed by atoms with van der Waals surface area (Å²) in [6, 6.07) is 12.3. The standard InChI is InChI=1S/C13H9BrClFO/c14-10-5-2-1-4-9(10)8-17-12-7-3-6-11(15)13(12)16/h1-7H,8H2. The van der Waals surface area contributed by atoms with Crippen molar-refractivity contribution in [1.82, 2.24) is 0 Å². The van der Waals surface area contributed by atoms with E-state index in [1.54, 1.807) is 12.1 Å². The highest BCUT2D eigenvalue weighted by Gasteiger charge is 2.08. The highest BCUT2D eigenvalue weighted by Crippen LogP contribution is 2.25. The first kappa shape index (κ1) is 12.4. The van der Waals surface area contributed by atoms with Gasteiger partial charge < -0.3 is 4.74 Å². The summed E-state index contributed by atoms with van der Waals surface area (Å²) in [4.78, 5) is 0. The second-order valence-corrected chi connectivity index (χ2v) is 4.69. The number of ether oxygens (including phenoxy) is 1. The van der Waals surface area contributed by atoms with Gasteiger partial charge in [-0.25, -0.2) is 4.39 Å². The molecule has 0 unspecified atom stereocenters. The van der Waals surface area contributed by atoms with Crippen LogP contribution in [0.1, 0.15) is 5.56 Å². The number of halogens is 3. The van der Waals surface area contributed by atoms with E-state index in [1.807, 2.05) is 24.3 Å². The molecule has 0 aliphatic carbocycles. The number of hydrogen-bond donors (Lipinski definition) is 0. The predicted octanol–water partition coefficient (Wildman–Crippen LogP) is 4.82.